The second-order valence-electron chi connectivity index (χ2n) is 9.31. The number of aromatic nitrogens is 5. The number of halogens is 1. The SMILES string of the molecule is CCCSc1nc(N[C@@H]2C[C@H]2c2ccc(OC)c(F)c2)c2nnn([C@@H]3C[C@H](OCCO)[C@@H](O)[C@H]3O)c2n1. The third-order valence-electron chi connectivity index (χ3n) is 6.79. The van der Waals surface area contributed by atoms with Crippen molar-refractivity contribution >= 4 is 28.7 Å². The lowest BCUT2D eigenvalue weighted by Crippen LogP contribution is -2.33. The first-order valence-electron chi connectivity index (χ1n) is 12.4. The third-order valence-corrected chi connectivity index (χ3v) is 7.84. The Hall–Kier alpha value is -2.58. The van der Waals surface area contributed by atoms with Crippen LogP contribution in [0.2, 0.25) is 0 Å². The zero-order chi connectivity index (χ0) is 26.1. The minimum absolute atomic E-state index is 0.0372. The van der Waals surface area contributed by atoms with E-state index in [1.54, 1.807) is 6.07 Å². The summed E-state index contributed by atoms with van der Waals surface area (Å²) in [5.74, 6) is 1.28. The number of methoxy groups -OCH3 is 1. The van der Waals surface area contributed by atoms with Crippen LogP contribution in [-0.2, 0) is 4.74 Å². The van der Waals surface area contributed by atoms with E-state index in [1.807, 2.05) is 6.07 Å². The van der Waals surface area contributed by atoms with E-state index in [2.05, 4.69) is 32.5 Å². The molecule has 11 nitrogen and oxygen atoms in total. The number of nitrogens with one attached hydrogen (secondary N) is 1. The number of ether oxygens (including phenoxy) is 2. The van der Waals surface area contributed by atoms with Gasteiger partial charge in [0.05, 0.1) is 32.5 Å². The number of fused-ring (bicyclic) bond motifs is 1. The van der Waals surface area contributed by atoms with Gasteiger partial charge in [-0.05, 0) is 30.5 Å². The number of hydrogen-bond donors (Lipinski definition) is 4. The normalized spacial score (nSPS) is 27.1. The number of anilines is 1. The molecule has 2 aliphatic carbocycles. The van der Waals surface area contributed by atoms with E-state index in [4.69, 9.17) is 14.6 Å². The Bertz CT molecular complexity index is 1250. The van der Waals surface area contributed by atoms with E-state index in [0.717, 1.165) is 24.2 Å². The molecule has 1 aromatic carbocycles. The van der Waals surface area contributed by atoms with Crippen LogP contribution in [0.5, 0.6) is 5.75 Å². The molecular weight excluding hydrogens is 503 g/mol. The molecular formula is C24H31FN6O5S. The quantitative estimate of drug-likeness (QED) is 0.211. The molecule has 3 aromatic rings. The van der Waals surface area contributed by atoms with Gasteiger partial charge in [0.25, 0.3) is 0 Å². The second kappa shape index (κ2) is 11.0. The van der Waals surface area contributed by atoms with Crippen molar-refractivity contribution in [1.29, 1.82) is 0 Å². The highest BCUT2D eigenvalue weighted by molar-refractivity contribution is 7.99. The van der Waals surface area contributed by atoms with E-state index in [0.29, 0.717) is 28.6 Å². The van der Waals surface area contributed by atoms with Crippen LogP contribution in [0.25, 0.3) is 11.2 Å². The van der Waals surface area contributed by atoms with Gasteiger partial charge in [0.15, 0.2) is 33.7 Å². The number of benzene rings is 1. The Labute approximate surface area is 217 Å². The maximum absolute atomic E-state index is 14.2. The van der Waals surface area contributed by atoms with Crippen LogP contribution in [0.15, 0.2) is 23.4 Å². The Morgan fingerprint density at radius 2 is 2.05 bits per heavy atom. The molecule has 2 saturated carbocycles. The minimum atomic E-state index is -1.13. The number of aliphatic hydroxyl groups is 3. The average molecular weight is 535 g/mol. The number of hydrogen-bond acceptors (Lipinski definition) is 11. The summed E-state index contributed by atoms with van der Waals surface area (Å²) in [6, 6.07) is 4.43. The van der Waals surface area contributed by atoms with Gasteiger partial charge in [-0.2, -0.15) is 0 Å². The molecule has 6 atom stereocenters. The summed E-state index contributed by atoms with van der Waals surface area (Å²) in [6.45, 7) is 1.96. The third kappa shape index (κ3) is 5.23. The fraction of sp³-hybridized carbons (Fsp3) is 0.583. The Balaban J connectivity index is 1.41. The maximum atomic E-state index is 14.2. The topological polar surface area (TPSA) is 148 Å². The first-order valence-corrected chi connectivity index (χ1v) is 13.4. The molecule has 13 heteroatoms. The lowest BCUT2D eigenvalue weighted by molar-refractivity contribution is -0.0629. The van der Waals surface area contributed by atoms with Crippen molar-refractivity contribution in [3.05, 3.63) is 29.6 Å². The Morgan fingerprint density at radius 1 is 1.22 bits per heavy atom. The fourth-order valence-corrected chi connectivity index (χ4v) is 5.48. The zero-order valence-corrected chi connectivity index (χ0v) is 21.4. The van der Waals surface area contributed by atoms with Crippen LogP contribution >= 0.6 is 11.8 Å². The summed E-state index contributed by atoms with van der Waals surface area (Å²) < 4.78 is 26.3. The molecule has 0 spiro atoms. The molecule has 0 radical (unpaired) electrons. The number of thioether (sulfide) groups is 1. The Kier molecular flexibility index (Phi) is 7.77. The van der Waals surface area contributed by atoms with Crippen LogP contribution < -0.4 is 10.1 Å². The molecule has 2 aliphatic rings. The van der Waals surface area contributed by atoms with E-state index in [1.165, 1.54) is 29.6 Å². The molecule has 200 valence electrons. The van der Waals surface area contributed by atoms with Gasteiger partial charge in [0.1, 0.15) is 12.2 Å². The molecule has 5 rings (SSSR count). The summed E-state index contributed by atoms with van der Waals surface area (Å²) in [4.78, 5) is 9.36. The molecule has 0 saturated heterocycles. The van der Waals surface area contributed by atoms with E-state index >= 15 is 0 Å². The lowest BCUT2D eigenvalue weighted by Gasteiger charge is -2.17. The van der Waals surface area contributed by atoms with Gasteiger partial charge in [-0.3, -0.25) is 0 Å². The van der Waals surface area contributed by atoms with E-state index in [9.17, 15) is 14.6 Å². The number of nitrogens with zero attached hydrogens (tertiary/aromatic N) is 5. The van der Waals surface area contributed by atoms with Crippen molar-refractivity contribution in [2.45, 2.75) is 67.7 Å². The van der Waals surface area contributed by atoms with Crippen molar-refractivity contribution in [1.82, 2.24) is 25.0 Å². The lowest BCUT2D eigenvalue weighted by atomic mass is 10.1. The summed E-state index contributed by atoms with van der Waals surface area (Å²) in [7, 11) is 1.44. The van der Waals surface area contributed by atoms with Gasteiger partial charge in [-0.25, -0.2) is 19.0 Å². The van der Waals surface area contributed by atoms with Crippen molar-refractivity contribution in [2.75, 3.05) is 31.4 Å². The fourth-order valence-electron chi connectivity index (χ4n) is 4.78. The molecule has 2 aromatic heterocycles. The monoisotopic (exact) mass is 534 g/mol. The predicted octanol–water partition coefficient (Wildman–Crippen LogP) is 1.88. The van der Waals surface area contributed by atoms with Gasteiger partial charge in [-0.15, -0.1) is 5.10 Å². The van der Waals surface area contributed by atoms with Gasteiger partial charge >= 0.3 is 0 Å². The summed E-state index contributed by atoms with van der Waals surface area (Å²) in [5.41, 5.74) is 1.78. The first-order chi connectivity index (χ1) is 17.9. The average Bonchev–Trinajstić information content (AvgIpc) is 3.45. The molecule has 0 amide bonds. The molecule has 0 aliphatic heterocycles. The van der Waals surface area contributed by atoms with Crippen molar-refractivity contribution in [3.8, 4) is 5.75 Å². The molecule has 0 bridgehead atoms. The van der Waals surface area contributed by atoms with Gasteiger partial charge in [-0.1, -0.05) is 30.0 Å². The highest BCUT2D eigenvalue weighted by Gasteiger charge is 2.45. The zero-order valence-electron chi connectivity index (χ0n) is 20.6. The number of aliphatic hydroxyl groups excluding tert-OH is 3. The minimum Gasteiger partial charge on any atom is -0.494 e. The molecule has 37 heavy (non-hydrogen) atoms. The molecule has 2 fully saturated rings. The van der Waals surface area contributed by atoms with Crippen LogP contribution in [0.4, 0.5) is 10.2 Å². The Morgan fingerprint density at radius 3 is 2.78 bits per heavy atom. The van der Waals surface area contributed by atoms with Gasteiger partial charge in [0, 0.05) is 24.1 Å². The molecule has 0 unspecified atom stereocenters. The summed E-state index contributed by atoms with van der Waals surface area (Å²) >= 11 is 1.51. The van der Waals surface area contributed by atoms with Gasteiger partial charge < -0.3 is 30.1 Å². The van der Waals surface area contributed by atoms with Crippen molar-refractivity contribution < 1.29 is 29.2 Å². The van der Waals surface area contributed by atoms with Crippen LogP contribution in [0, 0.1) is 5.82 Å². The highest BCUT2D eigenvalue weighted by atomic mass is 32.2. The van der Waals surface area contributed by atoms with E-state index in [-0.39, 0.29) is 30.9 Å². The predicted molar refractivity (Wildman–Crippen MR) is 134 cm³/mol. The number of rotatable bonds is 11. The first kappa shape index (κ1) is 26.0. The van der Waals surface area contributed by atoms with Crippen molar-refractivity contribution in [2.24, 2.45) is 0 Å². The van der Waals surface area contributed by atoms with Crippen LogP contribution in [0.3, 0.4) is 0 Å². The summed E-state index contributed by atoms with van der Waals surface area (Å²) in [6.07, 6.45) is -0.862. The maximum Gasteiger partial charge on any atom is 0.191 e. The standard InChI is InChI=1S/C24H31FN6O5S/c1-3-8-37-24-27-22(26-15-10-13(15)12-4-5-17(35-2)14(25)9-12)19-23(28-24)31(30-29-19)16-11-18(36-7-6-32)21(34)20(16)33/h4-5,9,13,15-16,18,20-21,32-34H,3,6-8,10-11H2,1-2H3,(H,26,27,28)/t13-,15+,16+,18-,20-,21+/m0/s1. The smallest absolute Gasteiger partial charge is 0.191 e. The summed E-state index contributed by atoms with van der Waals surface area (Å²) in [5, 5.41) is 42.8. The molecule has 4 N–H and O–H groups in total. The molecule has 2 heterocycles. The second-order valence-corrected chi connectivity index (χ2v) is 10.4. The largest absolute Gasteiger partial charge is 0.494 e. The van der Waals surface area contributed by atoms with E-state index < -0.39 is 30.2 Å². The van der Waals surface area contributed by atoms with Crippen LogP contribution in [0.1, 0.15) is 43.7 Å². The highest BCUT2D eigenvalue weighted by Crippen LogP contribution is 2.44. The van der Waals surface area contributed by atoms with Crippen molar-refractivity contribution in [3.63, 3.8) is 0 Å². The van der Waals surface area contributed by atoms with Gasteiger partial charge in [0.2, 0.25) is 0 Å². The van der Waals surface area contributed by atoms with Crippen LogP contribution in [-0.4, -0.2) is 90.7 Å².